The Labute approximate surface area is 122 Å². The topological polar surface area (TPSA) is 12.0 Å². The first-order chi connectivity index (χ1) is 9.06. The molecule has 2 aromatic carbocycles. The van der Waals surface area contributed by atoms with Crippen LogP contribution in [0.5, 0.6) is 0 Å². The first kappa shape index (κ1) is 14.2. The predicted octanol–water partition coefficient (Wildman–Crippen LogP) is 4.75. The largest absolute Gasteiger partial charge is 0.306 e. The van der Waals surface area contributed by atoms with Crippen LogP contribution in [0.15, 0.2) is 46.9 Å². The van der Waals surface area contributed by atoms with Gasteiger partial charge in [-0.05, 0) is 54.8 Å². The van der Waals surface area contributed by atoms with Gasteiger partial charge in [-0.15, -0.1) is 0 Å². The van der Waals surface area contributed by atoms with Gasteiger partial charge in [0.1, 0.15) is 5.82 Å². The molecule has 1 N–H and O–H groups in total. The van der Waals surface area contributed by atoms with Gasteiger partial charge in [-0.25, -0.2) is 4.39 Å². The Morgan fingerprint density at radius 1 is 1.21 bits per heavy atom. The molecule has 0 amide bonds. The monoisotopic (exact) mass is 321 g/mol. The lowest BCUT2D eigenvalue weighted by molar-refractivity contribution is 0.567. The molecular formula is C16H17BrFN. The third-order valence-electron chi connectivity index (χ3n) is 3.26. The van der Waals surface area contributed by atoms with Crippen LogP contribution in [0.2, 0.25) is 0 Å². The minimum Gasteiger partial charge on any atom is -0.306 e. The van der Waals surface area contributed by atoms with Gasteiger partial charge in [0, 0.05) is 17.1 Å². The van der Waals surface area contributed by atoms with Gasteiger partial charge < -0.3 is 5.32 Å². The molecule has 2 rings (SSSR count). The summed E-state index contributed by atoms with van der Waals surface area (Å²) in [5.74, 6) is -0.183. The zero-order chi connectivity index (χ0) is 13.8. The lowest BCUT2D eigenvalue weighted by atomic mass is 10.1. The number of rotatable bonds is 4. The van der Waals surface area contributed by atoms with E-state index in [4.69, 9.17) is 0 Å². The SMILES string of the molecule is Cc1ccc(F)cc1CN[C@H](C)c1cccc(Br)c1. The zero-order valence-corrected chi connectivity index (χ0v) is 12.7. The lowest BCUT2D eigenvalue weighted by Crippen LogP contribution is -2.18. The van der Waals surface area contributed by atoms with Crippen molar-refractivity contribution in [1.82, 2.24) is 5.32 Å². The van der Waals surface area contributed by atoms with E-state index in [-0.39, 0.29) is 11.9 Å². The molecule has 1 nitrogen and oxygen atoms in total. The Morgan fingerprint density at radius 3 is 2.74 bits per heavy atom. The van der Waals surface area contributed by atoms with E-state index in [2.05, 4.69) is 40.3 Å². The molecule has 0 aromatic heterocycles. The highest BCUT2D eigenvalue weighted by Gasteiger charge is 2.07. The summed E-state index contributed by atoms with van der Waals surface area (Å²) in [5, 5.41) is 3.42. The molecule has 0 aliphatic carbocycles. The van der Waals surface area contributed by atoms with Gasteiger partial charge in [0.15, 0.2) is 0 Å². The fourth-order valence-electron chi connectivity index (χ4n) is 1.99. The van der Waals surface area contributed by atoms with E-state index in [1.54, 1.807) is 6.07 Å². The van der Waals surface area contributed by atoms with Crippen molar-refractivity contribution in [3.63, 3.8) is 0 Å². The standard InChI is InChI=1S/C16H17BrFN/c1-11-6-7-16(18)9-14(11)10-19-12(2)13-4-3-5-15(17)8-13/h3-9,12,19H,10H2,1-2H3/t12-/m1/s1. The molecule has 100 valence electrons. The average molecular weight is 322 g/mol. The fourth-order valence-corrected chi connectivity index (χ4v) is 2.40. The van der Waals surface area contributed by atoms with E-state index < -0.39 is 0 Å². The molecular weight excluding hydrogens is 305 g/mol. The predicted molar refractivity (Wildman–Crippen MR) is 80.5 cm³/mol. The third-order valence-corrected chi connectivity index (χ3v) is 3.75. The van der Waals surface area contributed by atoms with Gasteiger partial charge in [-0.3, -0.25) is 0 Å². The van der Waals surface area contributed by atoms with Crippen LogP contribution in [0.25, 0.3) is 0 Å². The van der Waals surface area contributed by atoms with Gasteiger partial charge in [0.25, 0.3) is 0 Å². The molecule has 1 atom stereocenters. The first-order valence-electron chi connectivity index (χ1n) is 6.30. The molecule has 0 bridgehead atoms. The normalized spacial score (nSPS) is 12.4. The first-order valence-corrected chi connectivity index (χ1v) is 7.09. The van der Waals surface area contributed by atoms with Crippen LogP contribution in [0.3, 0.4) is 0 Å². The maximum atomic E-state index is 13.2. The number of halogens is 2. The van der Waals surface area contributed by atoms with Crippen molar-refractivity contribution in [3.8, 4) is 0 Å². The van der Waals surface area contributed by atoms with Crippen molar-refractivity contribution < 1.29 is 4.39 Å². The second kappa shape index (κ2) is 6.31. The van der Waals surface area contributed by atoms with Crippen molar-refractivity contribution >= 4 is 15.9 Å². The fraction of sp³-hybridized carbons (Fsp3) is 0.250. The molecule has 0 aliphatic rings. The van der Waals surface area contributed by atoms with Crippen LogP contribution in [0.4, 0.5) is 4.39 Å². The summed E-state index contributed by atoms with van der Waals surface area (Å²) in [6, 6.07) is 13.3. The van der Waals surface area contributed by atoms with E-state index in [1.807, 2.05) is 25.1 Å². The zero-order valence-electron chi connectivity index (χ0n) is 11.1. The quantitative estimate of drug-likeness (QED) is 0.857. The summed E-state index contributed by atoms with van der Waals surface area (Å²) in [6.45, 7) is 4.77. The summed E-state index contributed by atoms with van der Waals surface area (Å²) < 4.78 is 14.3. The minimum absolute atomic E-state index is 0.183. The van der Waals surface area contributed by atoms with Gasteiger partial charge in [-0.1, -0.05) is 34.1 Å². The van der Waals surface area contributed by atoms with Crippen LogP contribution >= 0.6 is 15.9 Å². The Hall–Kier alpha value is -1.19. The molecule has 0 saturated heterocycles. The van der Waals surface area contributed by atoms with Crippen LogP contribution in [0.1, 0.15) is 29.7 Å². The smallest absolute Gasteiger partial charge is 0.123 e. The average Bonchev–Trinajstić information content (AvgIpc) is 2.39. The summed E-state index contributed by atoms with van der Waals surface area (Å²) >= 11 is 3.47. The molecule has 19 heavy (non-hydrogen) atoms. The second-order valence-corrected chi connectivity index (χ2v) is 5.64. The van der Waals surface area contributed by atoms with Gasteiger partial charge in [-0.2, -0.15) is 0 Å². The maximum Gasteiger partial charge on any atom is 0.123 e. The molecule has 0 unspecified atom stereocenters. The van der Waals surface area contributed by atoms with E-state index in [9.17, 15) is 4.39 Å². The summed E-state index contributed by atoms with van der Waals surface area (Å²) in [5.41, 5.74) is 3.32. The number of aryl methyl sites for hydroxylation is 1. The highest BCUT2D eigenvalue weighted by atomic mass is 79.9. The van der Waals surface area contributed by atoms with Crippen LogP contribution in [-0.2, 0) is 6.54 Å². The molecule has 0 radical (unpaired) electrons. The summed E-state index contributed by atoms with van der Waals surface area (Å²) in [6.07, 6.45) is 0. The third kappa shape index (κ3) is 3.88. The number of hydrogen-bond donors (Lipinski definition) is 1. The lowest BCUT2D eigenvalue weighted by Gasteiger charge is -2.15. The Bertz CT molecular complexity index is 568. The Kier molecular flexibility index (Phi) is 4.72. The van der Waals surface area contributed by atoms with Crippen LogP contribution < -0.4 is 5.32 Å². The van der Waals surface area contributed by atoms with Crippen molar-refractivity contribution in [2.24, 2.45) is 0 Å². The second-order valence-electron chi connectivity index (χ2n) is 4.73. The number of nitrogens with one attached hydrogen (secondary N) is 1. The van der Waals surface area contributed by atoms with Crippen molar-refractivity contribution in [3.05, 3.63) is 69.4 Å². The van der Waals surface area contributed by atoms with Gasteiger partial charge >= 0.3 is 0 Å². The van der Waals surface area contributed by atoms with Gasteiger partial charge in [0.05, 0.1) is 0 Å². The number of benzene rings is 2. The highest BCUT2D eigenvalue weighted by Crippen LogP contribution is 2.19. The number of hydrogen-bond acceptors (Lipinski definition) is 1. The summed E-state index contributed by atoms with van der Waals surface area (Å²) in [7, 11) is 0. The van der Waals surface area contributed by atoms with Crippen molar-refractivity contribution in [2.45, 2.75) is 26.4 Å². The molecule has 0 aliphatic heterocycles. The molecule has 3 heteroatoms. The van der Waals surface area contributed by atoms with Crippen LogP contribution in [-0.4, -0.2) is 0 Å². The van der Waals surface area contributed by atoms with Gasteiger partial charge in [0.2, 0.25) is 0 Å². The molecule has 0 fully saturated rings. The van der Waals surface area contributed by atoms with Crippen molar-refractivity contribution in [1.29, 1.82) is 0 Å². The molecule has 0 saturated carbocycles. The van der Waals surface area contributed by atoms with Crippen LogP contribution in [0, 0.1) is 12.7 Å². The Morgan fingerprint density at radius 2 is 2.00 bits per heavy atom. The van der Waals surface area contributed by atoms with E-state index in [0.717, 1.165) is 15.6 Å². The van der Waals surface area contributed by atoms with Crippen molar-refractivity contribution in [2.75, 3.05) is 0 Å². The molecule has 2 aromatic rings. The maximum absolute atomic E-state index is 13.2. The molecule has 0 heterocycles. The van der Waals surface area contributed by atoms with E-state index in [1.165, 1.54) is 11.6 Å². The summed E-state index contributed by atoms with van der Waals surface area (Å²) in [4.78, 5) is 0. The van der Waals surface area contributed by atoms with E-state index >= 15 is 0 Å². The highest BCUT2D eigenvalue weighted by molar-refractivity contribution is 9.10. The minimum atomic E-state index is -0.183. The Balaban J connectivity index is 2.04. The van der Waals surface area contributed by atoms with E-state index in [0.29, 0.717) is 6.54 Å². The molecule has 0 spiro atoms.